The summed E-state index contributed by atoms with van der Waals surface area (Å²) in [7, 11) is 0. The third-order valence-electron chi connectivity index (χ3n) is 10.5. The summed E-state index contributed by atoms with van der Waals surface area (Å²) in [6, 6.07) is 30.7. The molecule has 68 heavy (non-hydrogen) atoms. The molecule has 17 nitrogen and oxygen atoms in total. The van der Waals surface area contributed by atoms with Gasteiger partial charge in [0, 0.05) is 90.6 Å². The molecule has 0 aliphatic carbocycles. The van der Waals surface area contributed by atoms with Gasteiger partial charge in [-0.25, -0.2) is 9.97 Å². The number of amides is 3. The number of anilines is 3. The van der Waals surface area contributed by atoms with E-state index in [9.17, 15) is 14.4 Å². The number of hydrogen-bond acceptors (Lipinski definition) is 13. The Balaban J connectivity index is 1.00. The van der Waals surface area contributed by atoms with Crippen LogP contribution in [0.1, 0.15) is 44.8 Å². The predicted molar refractivity (Wildman–Crippen MR) is 265 cm³/mol. The lowest BCUT2D eigenvalue weighted by atomic mass is 10.1. The summed E-state index contributed by atoms with van der Waals surface area (Å²) in [5, 5.41) is 18.6. The molecule has 7 rings (SSSR count). The first-order valence-electron chi connectivity index (χ1n) is 22.2. The zero-order valence-corrected chi connectivity index (χ0v) is 38.8. The van der Waals surface area contributed by atoms with E-state index in [1.54, 1.807) is 23.0 Å². The second kappa shape index (κ2) is 24.6. The summed E-state index contributed by atoms with van der Waals surface area (Å²) in [5.74, 6) is 1.53. The molecule has 0 fully saturated rings. The highest BCUT2D eigenvalue weighted by atomic mass is 35.5. The first kappa shape index (κ1) is 48.9. The highest BCUT2D eigenvalue weighted by Gasteiger charge is 2.19. The molecule has 0 saturated carbocycles. The number of carbonyl (C=O) groups excluding carboxylic acids is 3. The highest BCUT2D eigenvalue weighted by molar-refractivity contribution is 6.18. The summed E-state index contributed by atoms with van der Waals surface area (Å²) < 4.78 is 19.5. The van der Waals surface area contributed by atoms with Gasteiger partial charge in [0.2, 0.25) is 5.91 Å². The molecule has 0 aliphatic rings. The third-order valence-corrected chi connectivity index (χ3v) is 10.9. The van der Waals surface area contributed by atoms with Crippen molar-refractivity contribution < 1.29 is 28.6 Å². The van der Waals surface area contributed by atoms with Crippen LogP contribution in [0.15, 0.2) is 109 Å². The molecule has 0 unspecified atom stereocenters. The van der Waals surface area contributed by atoms with Gasteiger partial charge in [-0.15, -0.1) is 28.3 Å². The summed E-state index contributed by atoms with van der Waals surface area (Å²) in [5.41, 5.74) is 15.5. The quantitative estimate of drug-likeness (QED) is 0.0383. The Kier molecular flexibility index (Phi) is 17.7. The largest absolute Gasteiger partial charge is 0.491 e. The number of halogens is 2. The Bertz CT molecular complexity index is 2680. The minimum Gasteiger partial charge on any atom is -0.491 e. The van der Waals surface area contributed by atoms with Gasteiger partial charge in [0.1, 0.15) is 54.4 Å². The zero-order chi connectivity index (χ0) is 47.7. The van der Waals surface area contributed by atoms with E-state index in [4.69, 9.17) is 48.9 Å². The zero-order valence-electron chi connectivity index (χ0n) is 37.3. The number of rotatable bonds is 25. The van der Waals surface area contributed by atoms with E-state index in [2.05, 4.69) is 65.4 Å². The van der Waals surface area contributed by atoms with Crippen molar-refractivity contribution in [2.75, 3.05) is 73.2 Å². The van der Waals surface area contributed by atoms with Gasteiger partial charge in [-0.3, -0.25) is 19.1 Å². The third kappa shape index (κ3) is 13.5. The van der Waals surface area contributed by atoms with Crippen molar-refractivity contribution in [3.8, 4) is 17.2 Å². The van der Waals surface area contributed by atoms with Crippen molar-refractivity contribution in [2.24, 2.45) is 11.5 Å². The number of nitrogens with zero attached hydrogens (tertiary/aromatic N) is 6. The number of nitrogens with two attached hydrogens (primary N) is 2. The molecule has 4 aromatic carbocycles. The van der Waals surface area contributed by atoms with Crippen molar-refractivity contribution >= 4 is 80.1 Å². The molecule has 0 bridgehead atoms. The topological polar surface area (TPSA) is 227 Å². The number of para-hydroxylation sites is 2. The summed E-state index contributed by atoms with van der Waals surface area (Å²) in [4.78, 5) is 52.0. The molecular formula is C49H53Cl2N11O6. The maximum absolute atomic E-state index is 14.0. The van der Waals surface area contributed by atoms with E-state index < -0.39 is 11.8 Å². The van der Waals surface area contributed by atoms with Crippen LogP contribution in [0.4, 0.5) is 17.3 Å². The molecule has 0 spiro atoms. The number of alkyl halides is 2. The molecule has 0 atom stereocenters. The molecular weight excluding hydrogens is 910 g/mol. The number of hydrogen-bond donors (Lipinski definition) is 5. The molecule has 0 saturated heterocycles. The predicted octanol–water partition coefficient (Wildman–Crippen LogP) is 6.56. The van der Waals surface area contributed by atoms with Gasteiger partial charge in [0.15, 0.2) is 0 Å². The average molecular weight is 963 g/mol. The molecule has 354 valence electrons. The van der Waals surface area contributed by atoms with Gasteiger partial charge in [-0.1, -0.05) is 41.6 Å². The second-order valence-corrected chi connectivity index (χ2v) is 16.2. The van der Waals surface area contributed by atoms with Crippen LogP contribution in [-0.4, -0.2) is 100 Å². The molecule has 0 aliphatic heterocycles. The van der Waals surface area contributed by atoms with Gasteiger partial charge in [0.05, 0.1) is 23.8 Å². The van der Waals surface area contributed by atoms with Crippen molar-refractivity contribution in [3.05, 3.63) is 132 Å². The molecule has 7 N–H and O–H groups in total. The van der Waals surface area contributed by atoms with Gasteiger partial charge in [-0.05, 0) is 73.0 Å². The minimum atomic E-state index is -0.561. The molecule has 3 heterocycles. The summed E-state index contributed by atoms with van der Waals surface area (Å²) in [6.07, 6.45) is 3.55. The fourth-order valence-corrected chi connectivity index (χ4v) is 7.69. The maximum Gasteiger partial charge on any atom is 0.256 e. The number of aromatic nitrogens is 5. The van der Waals surface area contributed by atoms with Crippen LogP contribution in [0.25, 0.3) is 21.8 Å². The normalized spacial score (nSPS) is 11.1. The van der Waals surface area contributed by atoms with Crippen LogP contribution >= 0.6 is 23.2 Å². The van der Waals surface area contributed by atoms with Gasteiger partial charge < -0.3 is 46.5 Å². The fourth-order valence-electron chi connectivity index (χ4n) is 7.28. The Hall–Kier alpha value is -7.05. The SMILES string of the molecule is NCCOc1cc(NC(=O)c2cc(OCc3cn(CCNC(=O)CCCc4ccc(N(CCCl)CCCl)cc4)nn3)cc(C(=O)Nc3cc(OCCN)c4ccccc4n3)c2)nc2ccccc12. The van der Waals surface area contributed by atoms with Crippen molar-refractivity contribution in [1.82, 2.24) is 30.3 Å². The number of carbonyl (C=O) groups is 3. The van der Waals surface area contributed by atoms with E-state index in [1.807, 2.05) is 48.5 Å². The van der Waals surface area contributed by atoms with Crippen molar-refractivity contribution in [2.45, 2.75) is 32.4 Å². The van der Waals surface area contributed by atoms with E-state index in [-0.39, 0.29) is 54.2 Å². The average Bonchev–Trinajstić information content (AvgIpc) is 3.81. The summed E-state index contributed by atoms with van der Waals surface area (Å²) in [6.45, 7) is 3.25. The highest BCUT2D eigenvalue weighted by Crippen LogP contribution is 2.30. The molecule has 19 heteroatoms. The molecule has 0 radical (unpaired) electrons. The number of nitrogens with one attached hydrogen (secondary N) is 3. The first-order chi connectivity index (χ1) is 33.2. The number of ether oxygens (including phenoxy) is 3. The van der Waals surface area contributed by atoms with Crippen molar-refractivity contribution in [3.63, 3.8) is 0 Å². The maximum atomic E-state index is 14.0. The smallest absolute Gasteiger partial charge is 0.256 e. The molecule has 7 aromatic rings. The van der Waals surface area contributed by atoms with Crippen LogP contribution in [-0.2, 0) is 24.4 Å². The first-order valence-corrected chi connectivity index (χ1v) is 23.3. The lowest BCUT2D eigenvalue weighted by Crippen LogP contribution is -2.27. The van der Waals surface area contributed by atoms with E-state index >= 15 is 0 Å². The fraction of sp³-hybridized carbons (Fsp3) is 0.286. The number of benzene rings is 4. The van der Waals surface area contributed by atoms with Crippen LogP contribution in [0.3, 0.4) is 0 Å². The Morgan fingerprint density at radius 3 is 1.84 bits per heavy atom. The van der Waals surface area contributed by atoms with Crippen LogP contribution in [0.2, 0.25) is 0 Å². The lowest BCUT2D eigenvalue weighted by Gasteiger charge is -2.23. The molecule has 3 aromatic heterocycles. The standard InChI is InChI=1S/C49H53Cl2N11O6/c50-16-21-61(22-17-51)37-14-12-33(13-15-37)6-5-11-47(63)54-20-23-62-31-36(59-60-62)32-68-38-27-34(48(64)57-45-29-43(66-24-18-52)39-7-1-3-9-41(39)55-45)26-35(28-38)49(65)58-46-30-44(67-25-19-53)40-8-2-4-10-42(40)56-46/h1-4,7-10,12-15,26-31H,5-6,11,16-25,32,52-53H2,(H,54,63)(H,55,57,64)(H,56,58,65). The lowest BCUT2D eigenvalue weighted by molar-refractivity contribution is -0.121. The van der Waals surface area contributed by atoms with Crippen molar-refractivity contribution in [1.29, 1.82) is 0 Å². The van der Waals surface area contributed by atoms with Crippen LogP contribution in [0.5, 0.6) is 17.2 Å². The van der Waals surface area contributed by atoms with Gasteiger partial charge in [-0.2, -0.15) is 0 Å². The number of fused-ring (bicyclic) bond motifs is 2. The van der Waals surface area contributed by atoms with E-state index in [0.29, 0.717) is 79.0 Å². The monoisotopic (exact) mass is 961 g/mol. The molecule has 3 amide bonds. The Morgan fingerprint density at radius 2 is 1.28 bits per heavy atom. The number of pyridine rings is 2. The van der Waals surface area contributed by atoms with E-state index in [0.717, 1.165) is 41.5 Å². The van der Waals surface area contributed by atoms with Gasteiger partial charge in [0.25, 0.3) is 11.8 Å². The second-order valence-electron chi connectivity index (χ2n) is 15.5. The van der Waals surface area contributed by atoms with Crippen LogP contribution in [0, 0.1) is 0 Å². The minimum absolute atomic E-state index is 0.0426. The van der Waals surface area contributed by atoms with E-state index in [1.165, 1.54) is 18.2 Å². The Labute approximate surface area is 403 Å². The Morgan fingerprint density at radius 1 is 0.706 bits per heavy atom. The number of aryl methyl sites for hydroxylation is 1. The van der Waals surface area contributed by atoms with Crippen LogP contribution < -0.4 is 46.5 Å². The summed E-state index contributed by atoms with van der Waals surface area (Å²) >= 11 is 11.9. The van der Waals surface area contributed by atoms with Gasteiger partial charge >= 0.3 is 0 Å².